The molecule has 0 saturated carbocycles. The van der Waals surface area contributed by atoms with Crippen LogP contribution in [0.5, 0.6) is 0 Å². The number of fused-ring (bicyclic) bond motifs is 1. The number of rotatable bonds is 3. The third kappa shape index (κ3) is 2.71. The van der Waals surface area contributed by atoms with Crippen molar-refractivity contribution in [1.82, 2.24) is 10.2 Å². The van der Waals surface area contributed by atoms with Crippen LogP contribution in [-0.4, -0.2) is 30.1 Å². The van der Waals surface area contributed by atoms with Gasteiger partial charge in [0.25, 0.3) is 0 Å². The van der Waals surface area contributed by atoms with Crippen LogP contribution in [0.15, 0.2) is 22.7 Å². The summed E-state index contributed by atoms with van der Waals surface area (Å²) in [6, 6.07) is 6.49. The monoisotopic (exact) mass is 326 g/mol. The second-order valence-corrected chi connectivity index (χ2v) is 6.55. The largest absolute Gasteiger partial charge is 0.306 e. The van der Waals surface area contributed by atoms with Crippen molar-refractivity contribution in [2.75, 3.05) is 13.1 Å². The molecular formula is C15H20BrFN2. The van der Waals surface area contributed by atoms with Crippen LogP contribution in [0.1, 0.15) is 37.8 Å². The minimum absolute atomic E-state index is 0.189. The van der Waals surface area contributed by atoms with Crippen molar-refractivity contribution in [1.29, 1.82) is 0 Å². The molecule has 2 heterocycles. The Hall–Kier alpha value is -0.450. The second-order valence-electron chi connectivity index (χ2n) is 5.69. The molecule has 3 rings (SSSR count). The van der Waals surface area contributed by atoms with Gasteiger partial charge < -0.3 is 5.32 Å². The zero-order valence-electron chi connectivity index (χ0n) is 11.2. The lowest BCUT2D eigenvalue weighted by Crippen LogP contribution is -2.40. The van der Waals surface area contributed by atoms with Gasteiger partial charge in [0, 0.05) is 29.1 Å². The van der Waals surface area contributed by atoms with Crippen molar-refractivity contribution in [2.45, 2.75) is 44.3 Å². The summed E-state index contributed by atoms with van der Waals surface area (Å²) in [7, 11) is 0. The van der Waals surface area contributed by atoms with Gasteiger partial charge in [0.2, 0.25) is 0 Å². The highest BCUT2D eigenvalue weighted by atomic mass is 79.9. The molecule has 0 bridgehead atoms. The van der Waals surface area contributed by atoms with Gasteiger partial charge in [0.1, 0.15) is 5.82 Å². The van der Waals surface area contributed by atoms with E-state index < -0.39 is 0 Å². The lowest BCUT2D eigenvalue weighted by Gasteiger charge is -2.25. The summed E-state index contributed by atoms with van der Waals surface area (Å²) in [6.45, 7) is 4.65. The molecule has 3 atom stereocenters. The lowest BCUT2D eigenvalue weighted by molar-refractivity contribution is 0.291. The van der Waals surface area contributed by atoms with Crippen LogP contribution >= 0.6 is 15.9 Å². The summed E-state index contributed by atoms with van der Waals surface area (Å²) in [5.41, 5.74) is 1.14. The van der Waals surface area contributed by atoms with E-state index in [1.165, 1.54) is 38.4 Å². The van der Waals surface area contributed by atoms with Gasteiger partial charge in [-0.15, -0.1) is 0 Å². The Kier molecular flexibility index (Phi) is 3.92. The van der Waals surface area contributed by atoms with Gasteiger partial charge >= 0.3 is 0 Å². The highest BCUT2D eigenvalue weighted by Crippen LogP contribution is 2.31. The van der Waals surface area contributed by atoms with E-state index in [9.17, 15) is 4.39 Å². The van der Waals surface area contributed by atoms with E-state index in [0.717, 1.165) is 10.0 Å². The number of hydrogen-bond donors (Lipinski definition) is 1. The molecule has 1 N–H and O–H groups in total. The summed E-state index contributed by atoms with van der Waals surface area (Å²) in [4.78, 5) is 2.60. The average molecular weight is 327 g/mol. The van der Waals surface area contributed by atoms with Gasteiger partial charge in [-0.3, -0.25) is 4.90 Å². The molecule has 0 amide bonds. The van der Waals surface area contributed by atoms with Gasteiger partial charge in [-0.05, 0) is 50.4 Å². The van der Waals surface area contributed by atoms with Crippen LogP contribution in [0, 0.1) is 5.82 Å². The predicted octanol–water partition coefficient (Wildman–Crippen LogP) is 3.48. The fraction of sp³-hybridized carbons (Fsp3) is 0.600. The number of benzene rings is 1. The van der Waals surface area contributed by atoms with E-state index in [1.54, 1.807) is 6.07 Å². The SMILES string of the molecule is CC(NC1CCN2CCCC12)c1ccc(F)cc1Br. The molecule has 0 radical (unpaired) electrons. The van der Waals surface area contributed by atoms with Crippen LogP contribution in [0.4, 0.5) is 4.39 Å². The Morgan fingerprint density at radius 1 is 1.37 bits per heavy atom. The zero-order chi connectivity index (χ0) is 13.4. The first-order valence-corrected chi connectivity index (χ1v) is 7.89. The summed E-state index contributed by atoms with van der Waals surface area (Å²) in [6.07, 6.45) is 3.88. The average Bonchev–Trinajstić information content (AvgIpc) is 2.94. The fourth-order valence-electron chi connectivity index (χ4n) is 3.54. The van der Waals surface area contributed by atoms with Gasteiger partial charge in [-0.1, -0.05) is 22.0 Å². The minimum Gasteiger partial charge on any atom is -0.306 e. The van der Waals surface area contributed by atoms with E-state index in [2.05, 4.69) is 33.1 Å². The molecule has 2 saturated heterocycles. The molecule has 0 spiro atoms. The minimum atomic E-state index is -0.189. The van der Waals surface area contributed by atoms with Crippen molar-refractivity contribution in [3.05, 3.63) is 34.1 Å². The number of nitrogens with one attached hydrogen (secondary N) is 1. The van der Waals surface area contributed by atoms with E-state index in [4.69, 9.17) is 0 Å². The van der Waals surface area contributed by atoms with Crippen LogP contribution in [0.25, 0.3) is 0 Å². The molecule has 2 aliphatic heterocycles. The summed E-state index contributed by atoms with van der Waals surface area (Å²) >= 11 is 3.46. The standard InChI is InChI=1S/C15H20BrFN2/c1-10(12-5-4-11(17)9-13(12)16)18-14-6-8-19-7-2-3-15(14)19/h4-5,9-10,14-15,18H,2-3,6-8H2,1H3. The third-order valence-corrected chi connectivity index (χ3v) is 5.19. The molecular weight excluding hydrogens is 307 g/mol. The molecule has 2 fully saturated rings. The highest BCUT2D eigenvalue weighted by Gasteiger charge is 2.37. The Morgan fingerprint density at radius 3 is 3.00 bits per heavy atom. The first-order valence-electron chi connectivity index (χ1n) is 7.10. The lowest BCUT2D eigenvalue weighted by atomic mass is 10.0. The molecule has 3 unspecified atom stereocenters. The number of nitrogens with zero attached hydrogens (tertiary/aromatic N) is 1. The molecule has 19 heavy (non-hydrogen) atoms. The normalized spacial score (nSPS) is 28.6. The maximum absolute atomic E-state index is 13.1. The molecule has 0 aromatic heterocycles. The van der Waals surface area contributed by atoms with Crippen molar-refractivity contribution >= 4 is 15.9 Å². The van der Waals surface area contributed by atoms with Gasteiger partial charge in [0.05, 0.1) is 0 Å². The Labute approximate surface area is 122 Å². The van der Waals surface area contributed by atoms with Crippen LogP contribution < -0.4 is 5.32 Å². The summed E-state index contributed by atoms with van der Waals surface area (Å²) in [5.74, 6) is -0.189. The first kappa shape index (κ1) is 13.5. The van der Waals surface area contributed by atoms with Gasteiger partial charge in [0.15, 0.2) is 0 Å². The molecule has 1 aromatic carbocycles. The Morgan fingerprint density at radius 2 is 2.21 bits per heavy atom. The number of halogens is 2. The van der Waals surface area contributed by atoms with E-state index in [0.29, 0.717) is 12.1 Å². The number of hydrogen-bond acceptors (Lipinski definition) is 2. The maximum atomic E-state index is 13.1. The van der Waals surface area contributed by atoms with E-state index in [1.807, 2.05) is 6.07 Å². The van der Waals surface area contributed by atoms with Gasteiger partial charge in [-0.25, -0.2) is 4.39 Å². The topological polar surface area (TPSA) is 15.3 Å². The quantitative estimate of drug-likeness (QED) is 0.914. The Bertz CT molecular complexity index is 465. The molecule has 1 aromatic rings. The van der Waals surface area contributed by atoms with Crippen LogP contribution in [-0.2, 0) is 0 Å². The third-order valence-electron chi connectivity index (χ3n) is 4.50. The molecule has 2 aliphatic rings. The smallest absolute Gasteiger partial charge is 0.124 e. The molecule has 2 nitrogen and oxygen atoms in total. The van der Waals surface area contributed by atoms with Crippen molar-refractivity contribution in [3.8, 4) is 0 Å². The molecule has 0 aliphatic carbocycles. The van der Waals surface area contributed by atoms with Crippen molar-refractivity contribution in [3.63, 3.8) is 0 Å². The van der Waals surface area contributed by atoms with E-state index >= 15 is 0 Å². The van der Waals surface area contributed by atoms with Crippen LogP contribution in [0.2, 0.25) is 0 Å². The second kappa shape index (κ2) is 5.51. The maximum Gasteiger partial charge on any atom is 0.124 e. The fourth-order valence-corrected chi connectivity index (χ4v) is 4.23. The van der Waals surface area contributed by atoms with Crippen molar-refractivity contribution < 1.29 is 4.39 Å². The van der Waals surface area contributed by atoms with Gasteiger partial charge in [-0.2, -0.15) is 0 Å². The van der Waals surface area contributed by atoms with Crippen molar-refractivity contribution in [2.24, 2.45) is 0 Å². The van der Waals surface area contributed by atoms with E-state index in [-0.39, 0.29) is 11.9 Å². The molecule has 104 valence electrons. The zero-order valence-corrected chi connectivity index (χ0v) is 12.8. The Balaban J connectivity index is 1.69. The highest BCUT2D eigenvalue weighted by molar-refractivity contribution is 9.10. The summed E-state index contributed by atoms with van der Waals surface area (Å²) < 4.78 is 14.0. The predicted molar refractivity (Wildman–Crippen MR) is 78.7 cm³/mol. The molecule has 4 heteroatoms. The first-order chi connectivity index (χ1) is 9.15. The summed E-state index contributed by atoms with van der Waals surface area (Å²) in [5, 5.41) is 3.73. The van der Waals surface area contributed by atoms with Crippen LogP contribution in [0.3, 0.4) is 0 Å².